The van der Waals surface area contributed by atoms with Gasteiger partial charge in [0.15, 0.2) is 11.5 Å². The topological polar surface area (TPSA) is 66.6 Å². The lowest BCUT2D eigenvalue weighted by Crippen LogP contribution is -1.94. The molecule has 1 aromatic heterocycles. The van der Waals surface area contributed by atoms with Crippen molar-refractivity contribution in [3.05, 3.63) is 53.7 Å². The Bertz CT molecular complexity index is 936. The number of rotatable bonds is 5. The van der Waals surface area contributed by atoms with Crippen molar-refractivity contribution in [2.45, 2.75) is 0 Å². The van der Waals surface area contributed by atoms with Crippen molar-refractivity contribution < 1.29 is 14.2 Å². The summed E-state index contributed by atoms with van der Waals surface area (Å²) in [5.74, 6) is 1.95. The minimum Gasteiger partial charge on any atom is -0.496 e. The number of nitrogens with zero attached hydrogens (tertiary/aromatic N) is 1. The van der Waals surface area contributed by atoms with Crippen LogP contribution < -0.4 is 19.9 Å². The monoisotopic (exact) mass is 336 g/mol. The van der Waals surface area contributed by atoms with Crippen LogP contribution in [0.15, 0.2) is 42.5 Å². The maximum atomic E-state index is 6.01. The third-order valence-electron chi connectivity index (χ3n) is 3.94. The molecule has 0 aliphatic heterocycles. The zero-order valence-corrected chi connectivity index (χ0v) is 14.4. The van der Waals surface area contributed by atoms with Gasteiger partial charge in [0.2, 0.25) is 0 Å². The van der Waals surface area contributed by atoms with E-state index in [1.165, 1.54) is 0 Å². The molecule has 128 valence electrons. The molecule has 5 heteroatoms. The standard InChI is InChI=1S/C20H20N2O3/c1-23-17-12-19(25-3)18(24-2)11-14(17)8-10-15-9-7-13-5-4-6-16(21)20(13)22-15/h4-12H,21H2,1-3H3. The van der Waals surface area contributed by atoms with Crippen LogP contribution in [0, 0.1) is 0 Å². The number of hydrogen-bond donors (Lipinski definition) is 1. The Balaban J connectivity index is 2.00. The average Bonchev–Trinajstić information content (AvgIpc) is 2.66. The number of benzene rings is 2. The first-order valence-electron chi connectivity index (χ1n) is 7.79. The third-order valence-corrected chi connectivity index (χ3v) is 3.94. The van der Waals surface area contributed by atoms with Crippen LogP contribution in [-0.2, 0) is 0 Å². The molecule has 0 aliphatic carbocycles. The molecular weight excluding hydrogens is 316 g/mol. The van der Waals surface area contributed by atoms with Gasteiger partial charge in [-0.25, -0.2) is 4.98 Å². The highest BCUT2D eigenvalue weighted by molar-refractivity contribution is 5.90. The summed E-state index contributed by atoms with van der Waals surface area (Å²) in [4.78, 5) is 4.61. The smallest absolute Gasteiger partial charge is 0.164 e. The zero-order valence-electron chi connectivity index (χ0n) is 14.4. The minimum atomic E-state index is 0.619. The van der Waals surface area contributed by atoms with Gasteiger partial charge in [-0.1, -0.05) is 18.2 Å². The number of methoxy groups -OCH3 is 3. The van der Waals surface area contributed by atoms with Gasteiger partial charge in [-0.05, 0) is 30.4 Å². The van der Waals surface area contributed by atoms with Crippen molar-refractivity contribution in [3.8, 4) is 17.2 Å². The van der Waals surface area contributed by atoms with Crippen LogP contribution in [0.3, 0.4) is 0 Å². The number of nitrogens with two attached hydrogens (primary N) is 1. The first kappa shape index (κ1) is 16.6. The van der Waals surface area contributed by atoms with E-state index in [-0.39, 0.29) is 0 Å². The lowest BCUT2D eigenvalue weighted by molar-refractivity contribution is 0.348. The van der Waals surface area contributed by atoms with Crippen LogP contribution in [0.2, 0.25) is 0 Å². The summed E-state index contributed by atoms with van der Waals surface area (Å²) in [5.41, 5.74) is 9.14. The van der Waals surface area contributed by atoms with Crippen LogP contribution in [0.25, 0.3) is 23.1 Å². The first-order chi connectivity index (χ1) is 12.2. The molecule has 0 unspecified atom stereocenters. The second-order valence-corrected chi connectivity index (χ2v) is 5.44. The second-order valence-electron chi connectivity index (χ2n) is 5.44. The molecule has 0 amide bonds. The number of nitrogen functional groups attached to an aromatic ring is 1. The van der Waals surface area contributed by atoms with Gasteiger partial charge in [0.25, 0.3) is 0 Å². The van der Waals surface area contributed by atoms with E-state index in [0.29, 0.717) is 22.9 Å². The average molecular weight is 336 g/mol. The van der Waals surface area contributed by atoms with Crippen LogP contribution in [-0.4, -0.2) is 26.3 Å². The molecule has 1 heterocycles. The summed E-state index contributed by atoms with van der Waals surface area (Å²) in [6.45, 7) is 0. The molecule has 0 bridgehead atoms. The molecule has 0 fully saturated rings. The summed E-state index contributed by atoms with van der Waals surface area (Å²) in [6, 6.07) is 13.4. The molecule has 0 radical (unpaired) electrons. The fourth-order valence-corrected chi connectivity index (χ4v) is 2.64. The summed E-state index contributed by atoms with van der Waals surface area (Å²) in [5, 5.41) is 1.01. The van der Waals surface area contributed by atoms with Gasteiger partial charge in [-0.15, -0.1) is 0 Å². The van der Waals surface area contributed by atoms with E-state index in [1.807, 2.05) is 48.6 Å². The molecule has 0 atom stereocenters. The highest BCUT2D eigenvalue weighted by atomic mass is 16.5. The number of hydrogen-bond acceptors (Lipinski definition) is 5. The number of anilines is 1. The van der Waals surface area contributed by atoms with Crippen LogP contribution in [0.5, 0.6) is 17.2 Å². The minimum absolute atomic E-state index is 0.619. The molecule has 0 saturated carbocycles. The predicted molar refractivity (Wildman–Crippen MR) is 101 cm³/mol. The molecule has 5 nitrogen and oxygen atoms in total. The number of para-hydroxylation sites is 1. The summed E-state index contributed by atoms with van der Waals surface area (Å²) >= 11 is 0. The molecule has 0 spiro atoms. The van der Waals surface area contributed by atoms with Gasteiger partial charge in [0.1, 0.15) is 5.75 Å². The Hall–Kier alpha value is -3.21. The summed E-state index contributed by atoms with van der Waals surface area (Å²) in [7, 11) is 4.81. The number of fused-ring (bicyclic) bond motifs is 1. The van der Waals surface area contributed by atoms with Crippen molar-refractivity contribution >= 4 is 28.7 Å². The predicted octanol–water partition coefficient (Wildman–Crippen LogP) is 4.01. The fraction of sp³-hybridized carbons (Fsp3) is 0.150. The van der Waals surface area contributed by atoms with Gasteiger partial charge < -0.3 is 19.9 Å². The van der Waals surface area contributed by atoms with Crippen LogP contribution in [0.1, 0.15) is 11.3 Å². The number of ether oxygens (including phenoxy) is 3. The van der Waals surface area contributed by atoms with Gasteiger partial charge in [-0.2, -0.15) is 0 Å². The van der Waals surface area contributed by atoms with Crippen molar-refractivity contribution in [2.75, 3.05) is 27.1 Å². The molecular formula is C20H20N2O3. The van der Waals surface area contributed by atoms with E-state index in [4.69, 9.17) is 19.9 Å². The third kappa shape index (κ3) is 3.35. The molecule has 0 aliphatic rings. The van der Waals surface area contributed by atoms with Gasteiger partial charge >= 0.3 is 0 Å². The van der Waals surface area contributed by atoms with Gasteiger partial charge in [0.05, 0.1) is 38.2 Å². The number of aromatic nitrogens is 1. The van der Waals surface area contributed by atoms with E-state index in [0.717, 1.165) is 22.2 Å². The van der Waals surface area contributed by atoms with Crippen molar-refractivity contribution in [3.63, 3.8) is 0 Å². The SMILES string of the molecule is COc1cc(OC)c(OC)cc1C=Cc1ccc2cccc(N)c2n1. The molecule has 25 heavy (non-hydrogen) atoms. The Morgan fingerprint density at radius 2 is 1.56 bits per heavy atom. The van der Waals surface area contributed by atoms with E-state index in [9.17, 15) is 0 Å². The molecule has 2 N–H and O–H groups in total. The van der Waals surface area contributed by atoms with Crippen LogP contribution in [0.4, 0.5) is 5.69 Å². The van der Waals surface area contributed by atoms with E-state index in [2.05, 4.69) is 4.98 Å². The van der Waals surface area contributed by atoms with E-state index < -0.39 is 0 Å². The molecule has 0 saturated heterocycles. The van der Waals surface area contributed by atoms with Crippen LogP contribution >= 0.6 is 0 Å². The quantitative estimate of drug-likeness (QED) is 0.713. The highest BCUT2D eigenvalue weighted by Crippen LogP contribution is 2.35. The highest BCUT2D eigenvalue weighted by Gasteiger charge is 2.10. The van der Waals surface area contributed by atoms with E-state index in [1.54, 1.807) is 27.4 Å². The Kier molecular flexibility index (Phi) is 4.75. The van der Waals surface area contributed by atoms with Gasteiger partial charge in [0, 0.05) is 17.0 Å². The van der Waals surface area contributed by atoms with Gasteiger partial charge in [-0.3, -0.25) is 0 Å². The van der Waals surface area contributed by atoms with E-state index >= 15 is 0 Å². The van der Waals surface area contributed by atoms with Crippen molar-refractivity contribution in [1.82, 2.24) is 4.98 Å². The Labute approximate surface area is 146 Å². The number of pyridine rings is 1. The lowest BCUT2D eigenvalue weighted by atomic mass is 10.1. The molecule has 3 rings (SSSR count). The Morgan fingerprint density at radius 3 is 2.28 bits per heavy atom. The maximum absolute atomic E-state index is 6.01. The summed E-state index contributed by atoms with van der Waals surface area (Å²) < 4.78 is 16.1. The normalized spacial score (nSPS) is 11.0. The first-order valence-corrected chi connectivity index (χ1v) is 7.79. The maximum Gasteiger partial charge on any atom is 0.164 e. The Morgan fingerprint density at radius 1 is 0.840 bits per heavy atom. The largest absolute Gasteiger partial charge is 0.496 e. The second kappa shape index (κ2) is 7.13. The summed E-state index contributed by atoms with van der Waals surface area (Å²) in [6.07, 6.45) is 3.84. The van der Waals surface area contributed by atoms with Crippen molar-refractivity contribution in [2.24, 2.45) is 0 Å². The lowest BCUT2D eigenvalue weighted by Gasteiger charge is -2.12. The zero-order chi connectivity index (χ0) is 17.8. The fourth-order valence-electron chi connectivity index (χ4n) is 2.64. The van der Waals surface area contributed by atoms with Crippen molar-refractivity contribution in [1.29, 1.82) is 0 Å². The molecule has 2 aromatic carbocycles. The molecule has 3 aromatic rings.